The van der Waals surface area contributed by atoms with Gasteiger partial charge in [-0.05, 0) is 19.4 Å². The molecule has 1 nitrogen and oxygen atoms in total. The van der Waals surface area contributed by atoms with Gasteiger partial charge < -0.3 is 5.73 Å². The van der Waals surface area contributed by atoms with E-state index in [0.717, 1.165) is 0 Å². The summed E-state index contributed by atoms with van der Waals surface area (Å²) in [4.78, 5) is 0. The van der Waals surface area contributed by atoms with E-state index < -0.39 is 6.17 Å². The van der Waals surface area contributed by atoms with Crippen molar-refractivity contribution in [3.63, 3.8) is 0 Å². The number of rotatable bonds is 3. The average molecular weight is 105 g/mol. The maximum Gasteiger partial charge on any atom is 0.101 e. The highest BCUT2D eigenvalue weighted by Crippen LogP contribution is 1.98. The van der Waals surface area contributed by atoms with E-state index in [4.69, 9.17) is 5.73 Å². The van der Waals surface area contributed by atoms with Gasteiger partial charge in [-0.2, -0.15) is 0 Å². The molecule has 2 heteroatoms. The molecule has 0 aliphatic heterocycles. The third-order valence-electron chi connectivity index (χ3n) is 0.923. The van der Waals surface area contributed by atoms with E-state index >= 15 is 0 Å². The fourth-order valence-corrected chi connectivity index (χ4v) is 0.385. The van der Waals surface area contributed by atoms with E-state index in [2.05, 4.69) is 0 Å². The van der Waals surface area contributed by atoms with Crippen LogP contribution in [0.5, 0.6) is 0 Å². The maximum absolute atomic E-state index is 12.1. The largest absolute Gasteiger partial charge is 0.330 e. The second-order valence-electron chi connectivity index (χ2n) is 1.58. The first kappa shape index (κ1) is 6.89. The second kappa shape index (κ2) is 4.06. The van der Waals surface area contributed by atoms with Crippen LogP contribution in [0, 0.1) is 0 Å². The van der Waals surface area contributed by atoms with Crippen molar-refractivity contribution in [2.24, 2.45) is 5.73 Å². The van der Waals surface area contributed by atoms with Gasteiger partial charge in [0.1, 0.15) is 6.17 Å². The smallest absolute Gasteiger partial charge is 0.101 e. The minimum absolute atomic E-state index is 0.467. The van der Waals surface area contributed by atoms with Crippen LogP contribution in [-0.4, -0.2) is 12.7 Å². The number of alkyl halides is 1. The molecule has 0 aliphatic carbocycles. The van der Waals surface area contributed by atoms with Gasteiger partial charge in [0.15, 0.2) is 0 Å². The predicted molar refractivity (Wildman–Crippen MR) is 28.9 cm³/mol. The highest BCUT2D eigenvalue weighted by molar-refractivity contribution is 4.51. The lowest BCUT2D eigenvalue weighted by Crippen LogP contribution is -2.07. The van der Waals surface area contributed by atoms with Crippen molar-refractivity contribution in [2.45, 2.75) is 25.9 Å². The molecule has 0 aromatic carbocycles. The molecule has 0 amide bonds. The van der Waals surface area contributed by atoms with Crippen LogP contribution in [0.2, 0.25) is 0 Å². The molecular formula is C5H12FN. The molecule has 0 heterocycles. The van der Waals surface area contributed by atoms with E-state index in [1.54, 1.807) is 0 Å². The van der Waals surface area contributed by atoms with Gasteiger partial charge in [0.25, 0.3) is 0 Å². The lowest BCUT2D eigenvalue weighted by atomic mass is 10.2. The van der Waals surface area contributed by atoms with Crippen molar-refractivity contribution in [3.05, 3.63) is 0 Å². The normalized spacial score (nSPS) is 14.1. The molecule has 0 rings (SSSR count). The van der Waals surface area contributed by atoms with Crippen LogP contribution in [0.15, 0.2) is 0 Å². The van der Waals surface area contributed by atoms with Crippen LogP contribution in [0.3, 0.4) is 0 Å². The Kier molecular flexibility index (Phi) is 4.00. The fraction of sp³-hybridized carbons (Fsp3) is 1.00. The summed E-state index contributed by atoms with van der Waals surface area (Å²) in [5.41, 5.74) is 5.06. The molecule has 0 spiro atoms. The highest BCUT2D eigenvalue weighted by atomic mass is 19.1. The van der Waals surface area contributed by atoms with Crippen LogP contribution in [0.1, 0.15) is 19.8 Å². The van der Waals surface area contributed by atoms with Crippen molar-refractivity contribution in [2.75, 3.05) is 6.54 Å². The van der Waals surface area contributed by atoms with Gasteiger partial charge in [0, 0.05) is 0 Å². The van der Waals surface area contributed by atoms with E-state index in [1.165, 1.54) is 0 Å². The summed E-state index contributed by atoms with van der Waals surface area (Å²) in [6.07, 6.45) is 0.429. The Bertz CT molecular complexity index is 39.1. The zero-order valence-electron chi connectivity index (χ0n) is 4.65. The van der Waals surface area contributed by atoms with E-state index in [-0.39, 0.29) is 0 Å². The Labute approximate surface area is 43.7 Å². The summed E-state index contributed by atoms with van der Waals surface area (Å²) in [5, 5.41) is 0. The molecule has 0 bridgehead atoms. The molecule has 2 N–H and O–H groups in total. The van der Waals surface area contributed by atoms with Gasteiger partial charge in [-0.1, -0.05) is 6.92 Å². The first-order chi connectivity index (χ1) is 3.31. The van der Waals surface area contributed by atoms with Gasteiger partial charge >= 0.3 is 0 Å². The van der Waals surface area contributed by atoms with Crippen LogP contribution >= 0.6 is 0 Å². The Hall–Kier alpha value is -0.110. The summed E-state index contributed by atoms with van der Waals surface area (Å²) >= 11 is 0. The predicted octanol–water partition coefficient (Wildman–Crippen LogP) is 1.08. The zero-order valence-corrected chi connectivity index (χ0v) is 4.65. The van der Waals surface area contributed by atoms with Gasteiger partial charge in [0.2, 0.25) is 0 Å². The summed E-state index contributed by atoms with van der Waals surface area (Å²) < 4.78 is 12.1. The minimum atomic E-state index is -0.676. The Balaban J connectivity index is 2.83. The third-order valence-corrected chi connectivity index (χ3v) is 0.923. The molecule has 0 aliphatic rings. The summed E-state index contributed by atoms with van der Waals surface area (Å²) in [5.74, 6) is 0. The molecule has 0 saturated carbocycles. The molecule has 7 heavy (non-hydrogen) atoms. The Morgan fingerprint density at radius 2 is 2.29 bits per heavy atom. The van der Waals surface area contributed by atoms with Gasteiger partial charge in [0.05, 0.1) is 0 Å². The molecule has 0 aromatic rings. The van der Waals surface area contributed by atoms with Crippen molar-refractivity contribution in [3.8, 4) is 0 Å². The van der Waals surface area contributed by atoms with Gasteiger partial charge in [-0.3, -0.25) is 0 Å². The van der Waals surface area contributed by atoms with Gasteiger partial charge in [-0.15, -0.1) is 0 Å². The SMILES string of the molecule is CCC(F)CCN. The van der Waals surface area contributed by atoms with Crippen molar-refractivity contribution < 1.29 is 4.39 Å². The topological polar surface area (TPSA) is 26.0 Å². The zero-order chi connectivity index (χ0) is 5.70. The molecule has 44 valence electrons. The molecule has 0 radical (unpaired) electrons. The van der Waals surface area contributed by atoms with Crippen LogP contribution in [0.4, 0.5) is 4.39 Å². The summed E-state index contributed by atoms with van der Waals surface area (Å²) in [6.45, 7) is 2.29. The lowest BCUT2D eigenvalue weighted by molar-refractivity contribution is 0.310. The van der Waals surface area contributed by atoms with Crippen molar-refractivity contribution >= 4 is 0 Å². The lowest BCUT2D eigenvalue weighted by Gasteiger charge is -1.98. The number of halogens is 1. The maximum atomic E-state index is 12.1. The quantitative estimate of drug-likeness (QED) is 0.571. The minimum Gasteiger partial charge on any atom is -0.330 e. The second-order valence-corrected chi connectivity index (χ2v) is 1.58. The van der Waals surface area contributed by atoms with E-state index in [1.807, 2.05) is 6.92 Å². The van der Waals surface area contributed by atoms with Crippen LogP contribution in [0.25, 0.3) is 0 Å². The molecule has 0 aromatic heterocycles. The first-order valence-electron chi connectivity index (χ1n) is 2.65. The number of hydrogen-bond acceptors (Lipinski definition) is 1. The fourth-order valence-electron chi connectivity index (χ4n) is 0.385. The average Bonchev–Trinajstić information content (AvgIpc) is 1.68. The molecule has 0 saturated heterocycles. The van der Waals surface area contributed by atoms with E-state index in [9.17, 15) is 4.39 Å². The summed E-state index contributed by atoms with van der Waals surface area (Å²) in [7, 11) is 0. The highest BCUT2D eigenvalue weighted by Gasteiger charge is 1.97. The Morgan fingerprint density at radius 3 is 2.43 bits per heavy atom. The number of hydrogen-bond donors (Lipinski definition) is 1. The number of nitrogens with two attached hydrogens (primary N) is 1. The summed E-state index contributed by atoms with van der Waals surface area (Å²) in [6, 6.07) is 0. The molecule has 0 fully saturated rings. The third kappa shape index (κ3) is 3.73. The van der Waals surface area contributed by atoms with E-state index in [0.29, 0.717) is 19.4 Å². The first-order valence-corrected chi connectivity index (χ1v) is 2.65. The Morgan fingerprint density at radius 1 is 1.71 bits per heavy atom. The van der Waals surface area contributed by atoms with Crippen LogP contribution in [-0.2, 0) is 0 Å². The van der Waals surface area contributed by atoms with Crippen molar-refractivity contribution in [1.29, 1.82) is 0 Å². The standard InChI is InChI=1S/C5H12FN/c1-2-5(6)3-4-7/h5H,2-4,7H2,1H3. The monoisotopic (exact) mass is 105 g/mol. The van der Waals surface area contributed by atoms with Crippen LogP contribution < -0.4 is 5.73 Å². The van der Waals surface area contributed by atoms with Crippen molar-refractivity contribution in [1.82, 2.24) is 0 Å². The molecular weight excluding hydrogens is 93.1 g/mol. The van der Waals surface area contributed by atoms with Gasteiger partial charge in [-0.25, -0.2) is 4.39 Å². The molecule has 1 unspecified atom stereocenters. The molecule has 1 atom stereocenters.